The van der Waals surface area contributed by atoms with E-state index in [1.165, 1.54) is 17.0 Å². The summed E-state index contributed by atoms with van der Waals surface area (Å²) in [5.41, 5.74) is 1.38. The molecule has 8 heteroatoms. The Kier molecular flexibility index (Phi) is 4.77. The summed E-state index contributed by atoms with van der Waals surface area (Å²) in [4.78, 5) is 22.1. The van der Waals surface area contributed by atoms with E-state index in [0.29, 0.717) is 41.0 Å². The molecule has 0 spiro atoms. The minimum absolute atomic E-state index is 0.178. The molecule has 2 heterocycles. The molecule has 1 aliphatic rings. The number of amides is 1. The molecular formula is C21H21F2N5O. The molecule has 1 saturated carbocycles. The minimum Gasteiger partial charge on any atom is -0.367 e. The van der Waals surface area contributed by atoms with E-state index in [9.17, 15) is 13.6 Å². The number of fused-ring (bicyclic) bond motifs is 1. The van der Waals surface area contributed by atoms with Crippen molar-refractivity contribution >= 4 is 29.4 Å². The number of nitrogens with zero attached hydrogens (tertiary/aromatic N) is 4. The molecule has 0 radical (unpaired) electrons. The minimum atomic E-state index is -3.05. The maximum Gasteiger partial charge on any atom is 0.270 e. The van der Waals surface area contributed by atoms with Crippen LogP contribution in [-0.4, -0.2) is 34.7 Å². The second kappa shape index (κ2) is 7.27. The Morgan fingerprint density at radius 3 is 2.79 bits per heavy atom. The Morgan fingerprint density at radius 2 is 2.14 bits per heavy atom. The van der Waals surface area contributed by atoms with Crippen LogP contribution in [-0.2, 0) is 10.7 Å². The monoisotopic (exact) mass is 397 g/mol. The van der Waals surface area contributed by atoms with Crippen molar-refractivity contribution in [1.29, 1.82) is 0 Å². The van der Waals surface area contributed by atoms with Crippen molar-refractivity contribution in [3.63, 3.8) is 0 Å². The number of amidine groups is 1. The molecule has 29 heavy (non-hydrogen) atoms. The quantitative estimate of drug-likeness (QED) is 0.390. The standard InChI is InChI=1S/C21H21F2N5O/c1-21(22,23)14-6-9-16(20(24-2)26-15-7-8-15)17(12-14)28(13-29)19-5-3-4-18-25-10-11-27(18)19/h3-6,9-13,15H,7-8H2,1-2H3,(H,24,26). The van der Waals surface area contributed by atoms with Gasteiger partial charge in [0, 0.05) is 43.5 Å². The van der Waals surface area contributed by atoms with Crippen LogP contribution in [0.25, 0.3) is 5.65 Å². The van der Waals surface area contributed by atoms with Crippen LogP contribution in [0.15, 0.2) is 53.8 Å². The number of carbonyl (C=O) groups excluding carboxylic acids is 1. The van der Waals surface area contributed by atoms with Crippen LogP contribution in [0.4, 0.5) is 20.3 Å². The summed E-state index contributed by atoms with van der Waals surface area (Å²) >= 11 is 0. The smallest absolute Gasteiger partial charge is 0.270 e. The van der Waals surface area contributed by atoms with Crippen LogP contribution < -0.4 is 10.2 Å². The average molecular weight is 397 g/mol. The first-order valence-electron chi connectivity index (χ1n) is 9.35. The van der Waals surface area contributed by atoms with Gasteiger partial charge in [-0.2, -0.15) is 0 Å². The van der Waals surface area contributed by atoms with Crippen molar-refractivity contribution in [2.24, 2.45) is 4.99 Å². The number of hydrogen-bond acceptors (Lipinski definition) is 3. The predicted molar refractivity (Wildman–Crippen MR) is 108 cm³/mol. The van der Waals surface area contributed by atoms with Crippen molar-refractivity contribution in [3.05, 3.63) is 59.9 Å². The van der Waals surface area contributed by atoms with E-state index >= 15 is 0 Å². The number of halogens is 2. The van der Waals surface area contributed by atoms with Crippen molar-refractivity contribution in [3.8, 4) is 0 Å². The van der Waals surface area contributed by atoms with Gasteiger partial charge in [-0.1, -0.05) is 12.1 Å². The van der Waals surface area contributed by atoms with Crippen molar-refractivity contribution in [2.45, 2.75) is 31.7 Å². The summed E-state index contributed by atoms with van der Waals surface area (Å²) in [6.45, 7) is 0.838. The lowest BCUT2D eigenvalue weighted by Gasteiger charge is -2.24. The van der Waals surface area contributed by atoms with Gasteiger partial charge in [-0.3, -0.25) is 19.1 Å². The lowest BCUT2D eigenvalue weighted by atomic mass is 10.0. The Bertz CT molecular complexity index is 1080. The lowest BCUT2D eigenvalue weighted by Crippen LogP contribution is -2.29. The largest absolute Gasteiger partial charge is 0.367 e. The summed E-state index contributed by atoms with van der Waals surface area (Å²) in [6, 6.07) is 9.93. The summed E-state index contributed by atoms with van der Waals surface area (Å²) in [5, 5.41) is 3.32. The fourth-order valence-electron chi connectivity index (χ4n) is 3.25. The van der Waals surface area contributed by atoms with Gasteiger partial charge in [0.05, 0.1) is 5.69 Å². The Labute approximate surface area is 166 Å². The molecule has 6 nitrogen and oxygen atoms in total. The molecule has 0 saturated heterocycles. The van der Waals surface area contributed by atoms with Crippen LogP contribution in [0.1, 0.15) is 30.9 Å². The first kappa shape index (κ1) is 19.0. The van der Waals surface area contributed by atoms with Gasteiger partial charge >= 0.3 is 0 Å². The number of nitrogens with one attached hydrogen (secondary N) is 1. The molecule has 0 aliphatic heterocycles. The molecule has 0 bridgehead atoms. The molecule has 4 rings (SSSR count). The number of aliphatic imine (C=N–C) groups is 1. The van der Waals surface area contributed by atoms with Gasteiger partial charge < -0.3 is 5.32 Å². The third-order valence-electron chi connectivity index (χ3n) is 4.92. The molecule has 0 atom stereocenters. The number of imidazole rings is 1. The fraction of sp³-hybridized carbons (Fsp3) is 0.286. The van der Waals surface area contributed by atoms with Crippen LogP contribution >= 0.6 is 0 Å². The predicted octanol–water partition coefficient (Wildman–Crippen LogP) is 3.87. The van der Waals surface area contributed by atoms with Crippen LogP contribution in [0.2, 0.25) is 0 Å². The number of carbonyl (C=O) groups is 1. The van der Waals surface area contributed by atoms with Crippen molar-refractivity contribution in [1.82, 2.24) is 14.7 Å². The number of alkyl halides is 2. The zero-order chi connectivity index (χ0) is 20.6. The SMILES string of the molecule is CN=C(NC1CC1)c1ccc(C(C)(F)F)cc1N(C=O)c1cccc2nccn12. The van der Waals surface area contributed by atoms with E-state index < -0.39 is 5.92 Å². The maximum absolute atomic E-state index is 14.1. The zero-order valence-electron chi connectivity index (χ0n) is 16.1. The number of hydrogen-bond donors (Lipinski definition) is 1. The Balaban J connectivity index is 1.90. The molecule has 1 amide bonds. The molecule has 2 aromatic heterocycles. The van der Waals surface area contributed by atoms with E-state index in [1.807, 2.05) is 0 Å². The molecule has 0 unspecified atom stereocenters. The number of anilines is 2. The molecule has 1 aromatic carbocycles. The van der Waals surface area contributed by atoms with E-state index in [0.717, 1.165) is 19.8 Å². The van der Waals surface area contributed by atoms with Gasteiger partial charge in [-0.25, -0.2) is 13.8 Å². The summed E-state index contributed by atoms with van der Waals surface area (Å²) < 4.78 is 29.9. The second-order valence-electron chi connectivity index (χ2n) is 7.13. The van der Waals surface area contributed by atoms with E-state index in [2.05, 4.69) is 15.3 Å². The second-order valence-corrected chi connectivity index (χ2v) is 7.13. The highest BCUT2D eigenvalue weighted by atomic mass is 19.3. The first-order chi connectivity index (χ1) is 13.9. The highest BCUT2D eigenvalue weighted by molar-refractivity contribution is 6.07. The maximum atomic E-state index is 14.1. The summed E-state index contributed by atoms with van der Waals surface area (Å²) in [7, 11) is 1.64. The van der Waals surface area contributed by atoms with Crippen molar-refractivity contribution in [2.75, 3.05) is 11.9 Å². The normalized spacial score (nSPS) is 14.8. The summed E-state index contributed by atoms with van der Waals surface area (Å²) in [6.07, 6.45) is 6.02. The van der Waals surface area contributed by atoms with E-state index in [-0.39, 0.29) is 5.56 Å². The molecule has 1 fully saturated rings. The van der Waals surface area contributed by atoms with E-state index in [4.69, 9.17) is 0 Å². The highest BCUT2D eigenvalue weighted by Crippen LogP contribution is 2.35. The Morgan fingerprint density at radius 1 is 1.34 bits per heavy atom. The number of aromatic nitrogens is 2. The highest BCUT2D eigenvalue weighted by Gasteiger charge is 2.29. The number of pyridine rings is 1. The van der Waals surface area contributed by atoms with Gasteiger partial charge in [0.15, 0.2) is 0 Å². The molecule has 1 N–H and O–H groups in total. The molecule has 150 valence electrons. The van der Waals surface area contributed by atoms with Crippen LogP contribution in [0.5, 0.6) is 0 Å². The Hall–Kier alpha value is -3.29. The molecule has 1 aliphatic carbocycles. The average Bonchev–Trinajstić information content (AvgIpc) is 3.39. The summed E-state index contributed by atoms with van der Waals surface area (Å²) in [5.74, 6) is -1.98. The number of rotatable bonds is 6. The topological polar surface area (TPSA) is 62.0 Å². The molecular weight excluding hydrogens is 376 g/mol. The third-order valence-corrected chi connectivity index (χ3v) is 4.92. The van der Waals surface area contributed by atoms with Gasteiger partial charge in [-0.15, -0.1) is 0 Å². The lowest BCUT2D eigenvalue weighted by molar-refractivity contribution is -0.106. The van der Waals surface area contributed by atoms with Gasteiger partial charge in [-0.05, 0) is 37.1 Å². The third kappa shape index (κ3) is 3.70. The van der Waals surface area contributed by atoms with Gasteiger partial charge in [0.25, 0.3) is 5.92 Å². The van der Waals surface area contributed by atoms with Crippen LogP contribution in [0, 0.1) is 0 Å². The zero-order valence-corrected chi connectivity index (χ0v) is 16.1. The van der Waals surface area contributed by atoms with Gasteiger partial charge in [0.2, 0.25) is 6.41 Å². The fourth-order valence-corrected chi connectivity index (χ4v) is 3.25. The van der Waals surface area contributed by atoms with Crippen molar-refractivity contribution < 1.29 is 13.6 Å². The van der Waals surface area contributed by atoms with E-state index in [1.54, 1.807) is 48.1 Å². The number of benzene rings is 1. The molecule has 3 aromatic rings. The van der Waals surface area contributed by atoms with Crippen LogP contribution in [0.3, 0.4) is 0 Å². The first-order valence-corrected chi connectivity index (χ1v) is 9.35. The van der Waals surface area contributed by atoms with Gasteiger partial charge in [0.1, 0.15) is 17.3 Å².